The van der Waals surface area contributed by atoms with Gasteiger partial charge in [-0.2, -0.15) is 11.8 Å². The number of nitrogens with zero attached hydrogens (tertiary/aromatic N) is 2. The second kappa shape index (κ2) is 6.92. The standard InChI is InChI=1S/C15H17ClN2S2/c16-14(12-4-2-1-3-5-12)15-18-17-13(20-15)10-11-6-8-19-9-7-11/h1-5,11,14H,6-10H2. The van der Waals surface area contributed by atoms with Crippen molar-refractivity contribution < 1.29 is 0 Å². The van der Waals surface area contributed by atoms with Crippen molar-refractivity contribution in [2.45, 2.75) is 24.6 Å². The van der Waals surface area contributed by atoms with Crippen LogP contribution in [0.15, 0.2) is 30.3 Å². The van der Waals surface area contributed by atoms with Gasteiger partial charge in [-0.1, -0.05) is 41.7 Å². The average molecular weight is 325 g/mol. The van der Waals surface area contributed by atoms with Crippen LogP contribution < -0.4 is 0 Å². The van der Waals surface area contributed by atoms with Crippen molar-refractivity contribution in [1.29, 1.82) is 0 Å². The first-order valence-electron chi connectivity index (χ1n) is 6.92. The Balaban J connectivity index is 1.67. The van der Waals surface area contributed by atoms with Gasteiger partial charge in [0.2, 0.25) is 0 Å². The lowest BCUT2D eigenvalue weighted by molar-refractivity contribution is 0.485. The fourth-order valence-corrected chi connectivity index (χ4v) is 4.90. The molecule has 0 aliphatic carbocycles. The molecule has 1 saturated heterocycles. The Kier molecular flexibility index (Phi) is 4.97. The predicted octanol–water partition coefficient (Wildman–Crippen LogP) is 4.55. The first-order valence-corrected chi connectivity index (χ1v) is 9.32. The largest absolute Gasteiger partial charge is 0.162 e. The number of halogens is 1. The Morgan fingerprint density at radius 3 is 2.65 bits per heavy atom. The van der Waals surface area contributed by atoms with Crippen LogP contribution in [0.5, 0.6) is 0 Å². The normalized spacial score (nSPS) is 18.1. The van der Waals surface area contributed by atoms with E-state index >= 15 is 0 Å². The summed E-state index contributed by atoms with van der Waals surface area (Å²) in [5.41, 5.74) is 1.09. The SMILES string of the molecule is ClC(c1ccccc1)c1nnc(CC2CCSCC2)s1. The smallest absolute Gasteiger partial charge is 0.139 e. The van der Waals surface area contributed by atoms with Crippen LogP contribution in [-0.2, 0) is 6.42 Å². The van der Waals surface area contributed by atoms with Crippen LogP contribution in [0, 0.1) is 5.92 Å². The van der Waals surface area contributed by atoms with E-state index in [9.17, 15) is 0 Å². The lowest BCUT2D eigenvalue weighted by Gasteiger charge is -2.19. The molecule has 0 radical (unpaired) electrons. The van der Waals surface area contributed by atoms with Gasteiger partial charge >= 0.3 is 0 Å². The van der Waals surface area contributed by atoms with Crippen LogP contribution in [0.1, 0.15) is 33.8 Å². The lowest BCUT2D eigenvalue weighted by atomic mass is 9.99. The monoisotopic (exact) mass is 324 g/mol. The highest BCUT2D eigenvalue weighted by Crippen LogP contribution is 2.32. The summed E-state index contributed by atoms with van der Waals surface area (Å²) < 4.78 is 0. The third-order valence-electron chi connectivity index (χ3n) is 3.60. The van der Waals surface area contributed by atoms with Crippen molar-refractivity contribution in [1.82, 2.24) is 10.2 Å². The van der Waals surface area contributed by atoms with E-state index in [1.807, 2.05) is 30.3 Å². The first-order chi connectivity index (χ1) is 9.83. The van der Waals surface area contributed by atoms with Crippen LogP contribution >= 0.6 is 34.7 Å². The Hall–Kier alpha value is -0.580. The van der Waals surface area contributed by atoms with Gasteiger partial charge in [0.1, 0.15) is 15.4 Å². The second-order valence-corrected chi connectivity index (χ2v) is 7.82. The molecule has 20 heavy (non-hydrogen) atoms. The summed E-state index contributed by atoms with van der Waals surface area (Å²) >= 11 is 10.2. The van der Waals surface area contributed by atoms with Crippen LogP contribution in [0.25, 0.3) is 0 Å². The molecule has 2 nitrogen and oxygen atoms in total. The van der Waals surface area contributed by atoms with Crippen molar-refractivity contribution in [2.75, 3.05) is 11.5 Å². The van der Waals surface area contributed by atoms with Gasteiger partial charge in [-0.25, -0.2) is 0 Å². The molecule has 5 heteroatoms. The van der Waals surface area contributed by atoms with Gasteiger partial charge in [0, 0.05) is 6.42 Å². The molecular weight excluding hydrogens is 308 g/mol. The van der Waals surface area contributed by atoms with Crippen molar-refractivity contribution in [3.63, 3.8) is 0 Å². The third-order valence-corrected chi connectivity index (χ3v) is 6.24. The van der Waals surface area contributed by atoms with Crippen LogP contribution in [0.2, 0.25) is 0 Å². The summed E-state index contributed by atoms with van der Waals surface area (Å²) in [4.78, 5) is 0. The molecule has 2 heterocycles. The van der Waals surface area contributed by atoms with Gasteiger partial charge in [0.15, 0.2) is 0 Å². The maximum Gasteiger partial charge on any atom is 0.139 e. The Morgan fingerprint density at radius 2 is 1.90 bits per heavy atom. The molecule has 1 aromatic heterocycles. The predicted molar refractivity (Wildman–Crippen MR) is 87.8 cm³/mol. The highest BCUT2D eigenvalue weighted by atomic mass is 35.5. The van der Waals surface area contributed by atoms with Crippen molar-refractivity contribution >= 4 is 34.7 Å². The van der Waals surface area contributed by atoms with Crippen LogP contribution in [-0.4, -0.2) is 21.7 Å². The van der Waals surface area contributed by atoms with Gasteiger partial charge in [-0.15, -0.1) is 21.8 Å². The van der Waals surface area contributed by atoms with Crippen LogP contribution in [0.4, 0.5) is 0 Å². The molecule has 3 rings (SSSR count). The van der Waals surface area contributed by atoms with Crippen molar-refractivity contribution in [3.8, 4) is 0 Å². The molecule has 0 N–H and O–H groups in total. The zero-order valence-electron chi connectivity index (χ0n) is 11.2. The molecule has 0 spiro atoms. The zero-order chi connectivity index (χ0) is 13.8. The zero-order valence-corrected chi connectivity index (χ0v) is 13.6. The highest BCUT2D eigenvalue weighted by Gasteiger charge is 2.19. The van der Waals surface area contributed by atoms with E-state index in [2.05, 4.69) is 22.0 Å². The number of benzene rings is 1. The van der Waals surface area contributed by atoms with Crippen molar-refractivity contribution in [2.24, 2.45) is 5.92 Å². The summed E-state index contributed by atoms with van der Waals surface area (Å²) in [7, 11) is 0. The van der Waals surface area contributed by atoms with E-state index in [4.69, 9.17) is 11.6 Å². The van der Waals surface area contributed by atoms with Gasteiger partial charge < -0.3 is 0 Å². The fourth-order valence-electron chi connectivity index (χ4n) is 2.41. The molecule has 106 valence electrons. The number of hydrogen-bond acceptors (Lipinski definition) is 4. The lowest BCUT2D eigenvalue weighted by Crippen LogP contribution is -2.11. The molecular formula is C15H17ClN2S2. The van der Waals surface area contributed by atoms with E-state index in [0.29, 0.717) is 0 Å². The minimum absolute atomic E-state index is 0.177. The van der Waals surface area contributed by atoms with Gasteiger partial charge in [0.25, 0.3) is 0 Å². The molecule has 1 aliphatic rings. The van der Waals surface area contributed by atoms with E-state index in [-0.39, 0.29) is 5.38 Å². The summed E-state index contributed by atoms with van der Waals surface area (Å²) in [5, 5.41) is 10.5. The number of thioether (sulfide) groups is 1. The number of hydrogen-bond donors (Lipinski definition) is 0. The van der Waals surface area contributed by atoms with Gasteiger partial charge in [0.05, 0.1) is 0 Å². The quantitative estimate of drug-likeness (QED) is 0.771. The summed E-state index contributed by atoms with van der Waals surface area (Å²) in [6.07, 6.45) is 3.68. The molecule has 0 amide bonds. The molecule has 1 fully saturated rings. The third kappa shape index (κ3) is 3.54. The first kappa shape index (κ1) is 14.4. The molecule has 1 aromatic carbocycles. The Morgan fingerprint density at radius 1 is 1.15 bits per heavy atom. The number of aromatic nitrogens is 2. The average Bonchev–Trinajstić information content (AvgIpc) is 2.97. The van der Waals surface area contributed by atoms with E-state index in [1.165, 1.54) is 24.3 Å². The van der Waals surface area contributed by atoms with Crippen LogP contribution in [0.3, 0.4) is 0 Å². The van der Waals surface area contributed by atoms with E-state index in [1.54, 1.807) is 11.3 Å². The topological polar surface area (TPSA) is 25.8 Å². The Bertz CT molecular complexity index is 538. The molecule has 1 atom stereocenters. The number of rotatable bonds is 4. The molecule has 1 unspecified atom stereocenters. The van der Waals surface area contributed by atoms with E-state index < -0.39 is 0 Å². The van der Waals surface area contributed by atoms with Crippen molar-refractivity contribution in [3.05, 3.63) is 45.9 Å². The number of alkyl halides is 1. The highest BCUT2D eigenvalue weighted by molar-refractivity contribution is 7.99. The maximum atomic E-state index is 6.49. The minimum Gasteiger partial charge on any atom is -0.162 e. The summed E-state index contributed by atoms with van der Waals surface area (Å²) in [5.74, 6) is 3.36. The molecule has 0 saturated carbocycles. The fraction of sp³-hybridized carbons (Fsp3) is 0.467. The minimum atomic E-state index is -0.177. The Labute approximate surface area is 133 Å². The molecule has 1 aliphatic heterocycles. The van der Waals surface area contributed by atoms with E-state index in [0.717, 1.165) is 27.9 Å². The second-order valence-electron chi connectivity index (χ2n) is 5.07. The molecule has 2 aromatic rings. The molecule has 0 bridgehead atoms. The maximum absolute atomic E-state index is 6.49. The summed E-state index contributed by atoms with van der Waals surface area (Å²) in [6.45, 7) is 0. The summed E-state index contributed by atoms with van der Waals surface area (Å²) in [6, 6.07) is 10.1. The van der Waals surface area contributed by atoms with Gasteiger partial charge in [-0.05, 0) is 35.8 Å². The van der Waals surface area contributed by atoms with Gasteiger partial charge in [-0.3, -0.25) is 0 Å².